The van der Waals surface area contributed by atoms with Crippen LogP contribution < -0.4 is 0 Å². The number of piperidine rings is 1. The molecule has 1 aromatic heterocycles. The molecule has 6 heteroatoms. The number of benzene rings is 1. The van der Waals surface area contributed by atoms with Gasteiger partial charge >= 0.3 is 0 Å². The quantitative estimate of drug-likeness (QED) is 0.825. The Morgan fingerprint density at radius 1 is 1.18 bits per heavy atom. The number of aliphatic hydroxyl groups is 1. The van der Waals surface area contributed by atoms with Gasteiger partial charge in [-0.05, 0) is 49.4 Å². The molecule has 1 aromatic carbocycles. The van der Waals surface area contributed by atoms with Crippen molar-refractivity contribution in [2.45, 2.75) is 31.8 Å². The molecule has 3 heterocycles. The highest BCUT2D eigenvalue weighted by molar-refractivity contribution is 5.81. The fraction of sp³-hybridized carbons (Fsp3) is 0.636. The van der Waals surface area contributed by atoms with Crippen LogP contribution in [0.15, 0.2) is 24.3 Å². The molecule has 1 N–H and O–H groups in total. The number of hydrogen-bond acceptors (Lipinski definition) is 4. The first-order valence-corrected chi connectivity index (χ1v) is 10.5. The van der Waals surface area contributed by atoms with Crippen molar-refractivity contribution in [3.8, 4) is 0 Å². The Kier molecular flexibility index (Phi) is 6.31. The number of rotatable bonds is 6. The lowest BCUT2D eigenvalue weighted by atomic mass is 9.86. The second-order valence-corrected chi connectivity index (χ2v) is 8.26. The minimum absolute atomic E-state index is 0.181. The van der Waals surface area contributed by atoms with E-state index in [9.17, 15) is 9.50 Å². The first-order valence-electron chi connectivity index (χ1n) is 10.5. The van der Waals surface area contributed by atoms with Crippen molar-refractivity contribution < 1.29 is 14.2 Å². The highest BCUT2D eigenvalue weighted by atomic mass is 19.1. The molecular weight excluding hydrogens is 357 g/mol. The number of fused-ring (bicyclic) bond motifs is 1. The number of aromatic nitrogens is 1. The minimum atomic E-state index is -0.181. The highest BCUT2D eigenvalue weighted by Crippen LogP contribution is 2.29. The summed E-state index contributed by atoms with van der Waals surface area (Å²) in [5.41, 5.74) is 2.31. The van der Waals surface area contributed by atoms with Gasteiger partial charge in [0.1, 0.15) is 5.82 Å². The van der Waals surface area contributed by atoms with Crippen LogP contribution in [0, 0.1) is 11.7 Å². The fourth-order valence-corrected chi connectivity index (χ4v) is 5.02. The second kappa shape index (κ2) is 8.91. The zero-order valence-corrected chi connectivity index (χ0v) is 16.8. The van der Waals surface area contributed by atoms with E-state index in [1.807, 2.05) is 6.07 Å². The molecule has 0 radical (unpaired) electrons. The normalized spacial score (nSPS) is 24.8. The van der Waals surface area contributed by atoms with Gasteiger partial charge in [-0.25, -0.2) is 4.39 Å². The van der Waals surface area contributed by atoms with Crippen LogP contribution in [0.4, 0.5) is 4.39 Å². The summed E-state index contributed by atoms with van der Waals surface area (Å²) in [5, 5.41) is 10.3. The van der Waals surface area contributed by atoms with Gasteiger partial charge in [-0.2, -0.15) is 0 Å². The van der Waals surface area contributed by atoms with E-state index < -0.39 is 0 Å². The summed E-state index contributed by atoms with van der Waals surface area (Å²) in [5.74, 6) is 0.395. The second-order valence-electron chi connectivity index (χ2n) is 8.26. The molecular formula is C22H32FN3O2. The largest absolute Gasteiger partial charge is 0.396 e. The predicted octanol–water partition coefficient (Wildman–Crippen LogP) is 2.61. The molecule has 0 spiro atoms. The van der Waals surface area contributed by atoms with Crippen molar-refractivity contribution in [3.05, 3.63) is 35.8 Å². The monoisotopic (exact) mass is 389 g/mol. The van der Waals surface area contributed by atoms with E-state index in [2.05, 4.69) is 27.5 Å². The van der Waals surface area contributed by atoms with Crippen LogP contribution in [-0.4, -0.2) is 71.5 Å². The third-order valence-electron chi connectivity index (χ3n) is 6.52. The lowest BCUT2D eigenvalue weighted by Crippen LogP contribution is -2.53. The first kappa shape index (κ1) is 19.8. The number of hydrogen-bond donors (Lipinski definition) is 1. The van der Waals surface area contributed by atoms with Crippen LogP contribution >= 0.6 is 0 Å². The van der Waals surface area contributed by atoms with E-state index in [0.29, 0.717) is 12.0 Å². The Morgan fingerprint density at radius 2 is 2.00 bits per heavy atom. The smallest absolute Gasteiger partial charge is 0.123 e. The number of aryl methyl sites for hydroxylation is 1. The lowest BCUT2D eigenvalue weighted by molar-refractivity contribution is -0.0233. The van der Waals surface area contributed by atoms with E-state index in [-0.39, 0.29) is 12.4 Å². The van der Waals surface area contributed by atoms with E-state index in [1.165, 1.54) is 11.8 Å². The van der Waals surface area contributed by atoms with Crippen molar-refractivity contribution in [2.75, 3.05) is 46.0 Å². The van der Waals surface area contributed by atoms with Crippen LogP contribution in [0.25, 0.3) is 10.9 Å². The third-order valence-corrected chi connectivity index (χ3v) is 6.52. The molecule has 2 fully saturated rings. The maximum Gasteiger partial charge on any atom is 0.123 e. The maximum absolute atomic E-state index is 13.6. The lowest BCUT2D eigenvalue weighted by Gasteiger charge is -2.45. The molecule has 28 heavy (non-hydrogen) atoms. The average molecular weight is 390 g/mol. The molecule has 0 amide bonds. The van der Waals surface area contributed by atoms with Crippen molar-refractivity contribution in [1.29, 1.82) is 0 Å². The summed E-state index contributed by atoms with van der Waals surface area (Å²) in [6.45, 7) is 6.99. The van der Waals surface area contributed by atoms with E-state index in [0.717, 1.165) is 76.1 Å². The Bertz CT molecular complexity index is 787. The molecule has 0 bridgehead atoms. The Balaban J connectivity index is 1.46. The number of halogens is 1. The van der Waals surface area contributed by atoms with Gasteiger partial charge in [-0.15, -0.1) is 0 Å². The van der Waals surface area contributed by atoms with Crippen LogP contribution in [0.3, 0.4) is 0 Å². The standard InChI is InChI=1S/C22H32FN3O2/c1-24-20(14-18-13-19(23)4-5-21(18)24)16-25-7-6-22(17(15-25)3-2-10-27)26-8-11-28-12-9-26/h4-5,13-14,17,22,27H,2-3,6-12,15-16H2,1H3/t17-,22+/m1/s1. The van der Waals surface area contributed by atoms with E-state index in [4.69, 9.17) is 4.74 Å². The average Bonchev–Trinajstić information content (AvgIpc) is 3.01. The van der Waals surface area contributed by atoms with Crippen molar-refractivity contribution >= 4 is 10.9 Å². The number of morpholine rings is 1. The van der Waals surface area contributed by atoms with Crippen molar-refractivity contribution in [1.82, 2.24) is 14.4 Å². The molecule has 0 aliphatic carbocycles. The molecule has 2 aromatic rings. The summed E-state index contributed by atoms with van der Waals surface area (Å²) in [7, 11) is 2.07. The number of ether oxygens (including phenoxy) is 1. The van der Waals surface area contributed by atoms with Crippen LogP contribution in [0.1, 0.15) is 25.0 Å². The molecule has 0 unspecified atom stereocenters. The molecule has 0 saturated carbocycles. The molecule has 2 aliphatic heterocycles. The molecule has 2 atom stereocenters. The minimum Gasteiger partial charge on any atom is -0.396 e. The summed E-state index contributed by atoms with van der Waals surface area (Å²) >= 11 is 0. The Labute approximate surface area is 166 Å². The first-order chi connectivity index (χ1) is 13.7. The van der Waals surface area contributed by atoms with E-state index >= 15 is 0 Å². The van der Waals surface area contributed by atoms with E-state index in [1.54, 1.807) is 6.07 Å². The van der Waals surface area contributed by atoms with Crippen LogP contribution in [0.5, 0.6) is 0 Å². The topological polar surface area (TPSA) is 40.9 Å². The SMILES string of the molecule is Cn1c(CN2CC[C@H](N3CCOCC3)[C@H](CCCO)C2)cc2cc(F)ccc21. The molecule has 2 aliphatic rings. The van der Waals surface area contributed by atoms with Crippen LogP contribution in [-0.2, 0) is 18.3 Å². The van der Waals surface area contributed by atoms with Gasteiger partial charge in [0.2, 0.25) is 0 Å². The van der Waals surface area contributed by atoms with Gasteiger partial charge in [-0.1, -0.05) is 0 Å². The van der Waals surface area contributed by atoms with Gasteiger partial charge in [0.15, 0.2) is 0 Å². The predicted molar refractivity (Wildman–Crippen MR) is 109 cm³/mol. The number of nitrogens with zero attached hydrogens (tertiary/aromatic N) is 3. The van der Waals surface area contributed by atoms with Crippen molar-refractivity contribution in [2.24, 2.45) is 13.0 Å². The molecule has 5 nitrogen and oxygen atoms in total. The fourth-order valence-electron chi connectivity index (χ4n) is 5.02. The maximum atomic E-state index is 13.6. The summed E-state index contributed by atoms with van der Waals surface area (Å²) in [4.78, 5) is 5.13. The van der Waals surface area contributed by atoms with Gasteiger partial charge < -0.3 is 14.4 Å². The van der Waals surface area contributed by atoms with Crippen LogP contribution in [0.2, 0.25) is 0 Å². The number of likely N-dealkylation sites (tertiary alicyclic amines) is 1. The van der Waals surface area contributed by atoms with Crippen molar-refractivity contribution in [3.63, 3.8) is 0 Å². The van der Waals surface area contributed by atoms with Gasteiger partial charge in [0.05, 0.1) is 13.2 Å². The van der Waals surface area contributed by atoms with Gasteiger partial charge in [-0.3, -0.25) is 9.80 Å². The Hall–Kier alpha value is -1.47. The van der Waals surface area contributed by atoms with Gasteiger partial charge in [0, 0.05) is 69.0 Å². The van der Waals surface area contributed by atoms with Gasteiger partial charge in [0.25, 0.3) is 0 Å². The zero-order valence-electron chi connectivity index (χ0n) is 16.8. The third kappa shape index (κ3) is 4.25. The summed E-state index contributed by atoms with van der Waals surface area (Å²) in [6, 6.07) is 7.73. The zero-order chi connectivity index (χ0) is 19.5. The molecule has 154 valence electrons. The number of aliphatic hydroxyl groups excluding tert-OH is 1. The summed E-state index contributed by atoms with van der Waals surface area (Å²) < 4.78 is 21.3. The highest BCUT2D eigenvalue weighted by Gasteiger charge is 2.33. The molecule has 4 rings (SSSR count). The molecule has 2 saturated heterocycles. The Morgan fingerprint density at radius 3 is 2.79 bits per heavy atom. The summed E-state index contributed by atoms with van der Waals surface area (Å²) in [6.07, 6.45) is 3.09.